The van der Waals surface area contributed by atoms with Crippen LogP contribution in [0.1, 0.15) is 12.8 Å². The van der Waals surface area contributed by atoms with Crippen LogP contribution in [-0.2, 0) is 14.6 Å². The molecule has 132 valence electrons. The summed E-state index contributed by atoms with van der Waals surface area (Å²) in [6.07, 6.45) is 4.97. The molecule has 0 aliphatic carbocycles. The minimum absolute atomic E-state index is 0.00688. The van der Waals surface area contributed by atoms with E-state index in [-0.39, 0.29) is 17.7 Å². The molecule has 1 aromatic heterocycles. The van der Waals surface area contributed by atoms with Crippen molar-refractivity contribution in [2.45, 2.75) is 28.7 Å². The number of rotatable bonds is 6. The van der Waals surface area contributed by atoms with Crippen molar-refractivity contribution in [3.8, 4) is 0 Å². The summed E-state index contributed by atoms with van der Waals surface area (Å²) in [7, 11) is -3.39. The maximum Gasteiger partial charge on any atom is 0.233 e. The van der Waals surface area contributed by atoms with E-state index >= 15 is 0 Å². The van der Waals surface area contributed by atoms with E-state index in [2.05, 4.69) is 4.98 Å². The normalized spacial score (nSPS) is 17.6. The van der Waals surface area contributed by atoms with Crippen molar-refractivity contribution in [2.24, 2.45) is 0 Å². The third-order valence-corrected chi connectivity index (χ3v) is 7.03. The molecule has 3 rings (SSSR count). The molecular weight excluding hydrogens is 356 g/mol. The molecule has 0 spiro atoms. The van der Waals surface area contributed by atoms with Gasteiger partial charge in [0, 0.05) is 29.9 Å². The second-order valence-electron chi connectivity index (χ2n) is 5.95. The summed E-state index contributed by atoms with van der Waals surface area (Å²) in [6, 6.07) is 11.9. The predicted octanol–water partition coefficient (Wildman–Crippen LogP) is 2.64. The van der Waals surface area contributed by atoms with Gasteiger partial charge in [0.05, 0.1) is 16.4 Å². The number of carbonyl (C=O) groups excluding carboxylic acids is 1. The molecule has 2 heterocycles. The van der Waals surface area contributed by atoms with Crippen LogP contribution in [0.25, 0.3) is 0 Å². The first-order valence-electron chi connectivity index (χ1n) is 8.16. The van der Waals surface area contributed by atoms with E-state index in [0.29, 0.717) is 17.2 Å². The largest absolute Gasteiger partial charge is 0.338 e. The van der Waals surface area contributed by atoms with E-state index < -0.39 is 9.84 Å². The van der Waals surface area contributed by atoms with Gasteiger partial charge in [-0.3, -0.25) is 9.78 Å². The molecule has 25 heavy (non-hydrogen) atoms. The fraction of sp³-hybridized carbons (Fsp3) is 0.333. The van der Waals surface area contributed by atoms with E-state index in [1.165, 1.54) is 11.8 Å². The van der Waals surface area contributed by atoms with Crippen molar-refractivity contribution in [1.82, 2.24) is 9.88 Å². The van der Waals surface area contributed by atoms with E-state index in [1.54, 1.807) is 47.6 Å². The van der Waals surface area contributed by atoms with Crippen LogP contribution in [-0.4, -0.2) is 48.3 Å². The molecule has 1 aliphatic rings. The molecule has 0 bridgehead atoms. The quantitative estimate of drug-likeness (QED) is 0.725. The average Bonchev–Trinajstić information content (AvgIpc) is 3.09. The second kappa shape index (κ2) is 8.01. The number of hydrogen-bond acceptors (Lipinski definition) is 5. The summed E-state index contributed by atoms with van der Waals surface area (Å²) in [5.41, 5.74) is 0. The van der Waals surface area contributed by atoms with Crippen LogP contribution in [0.3, 0.4) is 0 Å². The first kappa shape index (κ1) is 17.9. The average molecular weight is 377 g/mol. The number of aromatic nitrogens is 1. The highest BCUT2D eigenvalue weighted by molar-refractivity contribution is 8.00. The molecule has 1 fully saturated rings. The van der Waals surface area contributed by atoms with Crippen LogP contribution in [0.4, 0.5) is 0 Å². The highest BCUT2D eigenvalue weighted by Gasteiger charge is 2.32. The van der Waals surface area contributed by atoms with Crippen LogP contribution in [0.15, 0.2) is 64.6 Å². The van der Waals surface area contributed by atoms with Gasteiger partial charge in [-0.25, -0.2) is 8.42 Å². The monoisotopic (exact) mass is 376 g/mol. The fourth-order valence-electron chi connectivity index (χ4n) is 2.98. The topological polar surface area (TPSA) is 67.3 Å². The van der Waals surface area contributed by atoms with Gasteiger partial charge in [-0.05, 0) is 37.1 Å². The van der Waals surface area contributed by atoms with Crippen LogP contribution < -0.4 is 0 Å². The summed E-state index contributed by atoms with van der Waals surface area (Å²) in [5.74, 6) is 0.293. The van der Waals surface area contributed by atoms with Gasteiger partial charge in [-0.15, -0.1) is 11.8 Å². The summed E-state index contributed by atoms with van der Waals surface area (Å²) >= 11 is 1.45. The fourth-order valence-corrected chi connectivity index (χ4v) is 5.36. The van der Waals surface area contributed by atoms with Crippen molar-refractivity contribution in [3.05, 3.63) is 54.9 Å². The van der Waals surface area contributed by atoms with Gasteiger partial charge in [0.2, 0.25) is 5.91 Å². The molecule has 1 unspecified atom stereocenters. The van der Waals surface area contributed by atoms with E-state index in [1.807, 2.05) is 12.1 Å². The Bertz CT molecular complexity index is 811. The Labute approximate surface area is 152 Å². The van der Waals surface area contributed by atoms with Gasteiger partial charge in [0.25, 0.3) is 0 Å². The number of benzene rings is 1. The zero-order chi connectivity index (χ0) is 17.7. The van der Waals surface area contributed by atoms with Gasteiger partial charge < -0.3 is 4.90 Å². The summed E-state index contributed by atoms with van der Waals surface area (Å²) in [5, 5.41) is 0. The zero-order valence-corrected chi connectivity index (χ0v) is 15.4. The summed E-state index contributed by atoms with van der Waals surface area (Å²) in [6.45, 7) is 0.630. The van der Waals surface area contributed by atoms with Crippen molar-refractivity contribution >= 4 is 27.5 Å². The molecule has 1 saturated heterocycles. The standard InChI is InChI=1S/C18H20N2O3S2/c21-18(13-24-16-8-10-19-11-9-16)20-12-4-5-15(20)14-25(22,23)17-6-2-1-3-7-17/h1-3,6-11,15H,4-5,12-14H2. The number of sulfone groups is 1. The molecule has 1 aromatic carbocycles. The molecule has 0 radical (unpaired) electrons. The Morgan fingerprint density at radius 2 is 1.88 bits per heavy atom. The maximum absolute atomic E-state index is 12.6. The highest BCUT2D eigenvalue weighted by Crippen LogP contribution is 2.24. The first-order chi connectivity index (χ1) is 12.1. The Morgan fingerprint density at radius 1 is 1.16 bits per heavy atom. The van der Waals surface area contributed by atoms with E-state index in [0.717, 1.165) is 17.7 Å². The lowest BCUT2D eigenvalue weighted by Crippen LogP contribution is -2.40. The van der Waals surface area contributed by atoms with Gasteiger partial charge in [-0.1, -0.05) is 18.2 Å². The third-order valence-electron chi connectivity index (χ3n) is 4.22. The molecule has 5 nitrogen and oxygen atoms in total. The molecule has 1 atom stereocenters. The highest BCUT2D eigenvalue weighted by atomic mass is 32.2. The molecule has 1 aliphatic heterocycles. The van der Waals surface area contributed by atoms with Crippen LogP contribution >= 0.6 is 11.8 Å². The number of nitrogens with zero attached hydrogens (tertiary/aromatic N) is 2. The van der Waals surface area contributed by atoms with E-state index in [4.69, 9.17) is 0 Å². The Balaban J connectivity index is 1.63. The number of thioether (sulfide) groups is 1. The third kappa shape index (κ3) is 4.61. The minimum atomic E-state index is -3.39. The predicted molar refractivity (Wildman–Crippen MR) is 98.2 cm³/mol. The number of likely N-dealkylation sites (tertiary alicyclic amines) is 1. The molecule has 1 amide bonds. The van der Waals surface area contributed by atoms with Crippen LogP contribution in [0.5, 0.6) is 0 Å². The number of hydrogen-bond donors (Lipinski definition) is 0. The number of amides is 1. The Morgan fingerprint density at radius 3 is 2.60 bits per heavy atom. The smallest absolute Gasteiger partial charge is 0.233 e. The SMILES string of the molecule is O=C(CSc1ccncc1)N1CCCC1CS(=O)(=O)c1ccccc1. The molecular formula is C18H20N2O3S2. The van der Waals surface area contributed by atoms with Gasteiger partial charge in [0.1, 0.15) is 0 Å². The molecule has 0 saturated carbocycles. The van der Waals surface area contributed by atoms with Crippen molar-refractivity contribution in [1.29, 1.82) is 0 Å². The second-order valence-corrected chi connectivity index (χ2v) is 9.03. The zero-order valence-electron chi connectivity index (χ0n) is 13.7. The Hall–Kier alpha value is -1.86. The number of carbonyl (C=O) groups is 1. The number of pyridine rings is 1. The summed E-state index contributed by atoms with van der Waals surface area (Å²) in [4.78, 5) is 19.5. The van der Waals surface area contributed by atoms with Gasteiger partial charge >= 0.3 is 0 Å². The van der Waals surface area contributed by atoms with Gasteiger partial charge in [0.15, 0.2) is 9.84 Å². The van der Waals surface area contributed by atoms with Crippen molar-refractivity contribution < 1.29 is 13.2 Å². The van der Waals surface area contributed by atoms with Crippen LogP contribution in [0.2, 0.25) is 0 Å². The van der Waals surface area contributed by atoms with Crippen molar-refractivity contribution in [2.75, 3.05) is 18.1 Å². The Kier molecular flexibility index (Phi) is 5.75. The molecule has 7 heteroatoms. The molecule has 2 aromatic rings. The summed E-state index contributed by atoms with van der Waals surface area (Å²) < 4.78 is 25.2. The van der Waals surface area contributed by atoms with Crippen LogP contribution in [0, 0.1) is 0 Å². The lowest BCUT2D eigenvalue weighted by atomic mass is 10.2. The minimum Gasteiger partial charge on any atom is -0.338 e. The lowest BCUT2D eigenvalue weighted by Gasteiger charge is -2.24. The van der Waals surface area contributed by atoms with Crippen molar-refractivity contribution in [3.63, 3.8) is 0 Å². The van der Waals surface area contributed by atoms with E-state index in [9.17, 15) is 13.2 Å². The molecule has 0 N–H and O–H groups in total. The first-order valence-corrected chi connectivity index (χ1v) is 10.8. The maximum atomic E-state index is 12.6. The van der Waals surface area contributed by atoms with Gasteiger partial charge in [-0.2, -0.15) is 0 Å². The lowest BCUT2D eigenvalue weighted by molar-refractivity contribution is -0.128.